The number of methoxy groups -OCH3 is 1. The molecule has 1 unspecified atom stereocenters. The molecule has 0 spiro atoms. The molecule has 1 aromatic rings. The minimum Gasteiger partial charge on any atom is -0.496 e. The first-order valence-corrected chi connectivity index (χ1v) is 6.24. The van der Waals surface area contributed by atoms with Crippen LogP contribution in [0.25, 0.3) is 0 Å². The Kier molecular flexibility index (Phi) is 3.04. The van der Waals surface area contributed by atoms with Crippen molar-refractivity contribution in [2.75, 3.05) is 20.3 Å². The zero-order valence-corrected chi connectivity index (χ0v) is 10.1. The fraction of sp³-hybridized carbons (Fsp3) is 0.571. The van der Waals surface area contributed by atoms with Gasteiger partial charge in [0, 0.05) is 5.56 Å². The molecular formula is C14H18O3. The molecule has 2 aliphatic rings. The van der Waals surface area contributed by atoms with Gasteiger partial charge < -0.3 is 14.2 Å². The van der Waals surface area contributed by atoms with E-state index in [0.29, 0.717) is 18.6 Å². The van der Waals surface area contributed by atoms with Crippen LogP contribution in [-0.4, -0.2) is 26.4 Å². The third kappa shape index (κ3) is 2.61. The van der Waals surface area contributed by atoms with E-state index < -0.39 is 0 Å². The predicted molar refractivity (Wildman–Crippen MR) is 64.2 cm³/mol. The molecule has 3 heteroatoms. The molecule has 92 valence electrons. The zero-order valence-electron chi connectivity index (χ0n) is 10.1. The Morgan fingerprint density at radius 2 is 2.12 bits per heavy atom. The summed E-state index contributed by atoms with van der Waals surface area (Å²) in [6.45, 7) is 1.56. The molecule has 1 heterocycles. The maximum Gasteiger partial charge on any atom is 0.124 e. The van der Waals surface area contributed by atoms with Crippen molar-refractivity contribution in [3.63, 3.8) is 0 Å². The van der Waals surface area contributed by atoms with Gasteiger partial charge in [0.05, 0.1) is 26.4 Å². The molecule has 0 amide bonds. The minimum atomic E-state index is 0.176. The second-order valence-electron chi connectivity index (χ2n) is 4.79. The van der Waals surface area contributed by atoms with Crippen molar-refractivity contribution >= 4 is 0 Å². The summed E-state index contributed by atoms with van der Waals surface area (Å²) in [4.78, 5) is 0. The number of rotatable bonds is 6. The summed E-state index contributed by atoms with van der Waals surface area (Å²) in [6.07, 6.45) is 3.02. The first-order chi connectivity index (χ1) is 8.38. The molecule has 1 aromatic carbocycles. The van der Waals surface area contributed by atoms with Gasteiger partial charge in [0.25, 0.3) is 0 Å². The molecule has 2 atom stereocenters. The summed E-state index contributed by atoms with van der Waals surface area (Å²) in [5, 5.41) is 0. The van der Waals surface area contributed by atoms with E-state index in [1.807, 2.05) is 18.2 Å². The van der Waals surface area contributed by atoms with Gasteiger partial charge in [0.2, 0.25) is 0 Å². The van der Waals surface area contributed by atoms with Gasteiger partial charge in [-0.1, -0.05) is 18.2 Å². The van der Waals surface area contributed by atoms with E-state index in [1.54, 1.807) is 7.11 Å². The highest BCUT2D eigenvalue weighted by Gasteiger charge is 2.36. The monoisotopic (exact) mass is 234 g/mol. The summed E-state index contributed by atoms with van der Waals surface area (Å²) >= 11 is 0. The summed E-state index contributed by atoms with van der Waals surface area (Å²) in [7, 11) is 1.72. The Hall–Kier alpha value is -1.06. The fourth-order valence-corrected chi connectivity index (χ4v) is 2.16. The first kappa shape index (κ1) is 11.1. The summed E-state index contributed by atoms with van der Waals surface area (Å²) in [5.74, 6) is 1.59. The predicted octanol–water partition coefficient (Wildman–Crippen LogP) is 2.56. The first-order valence-electron chi connectivity index (χ1n) is 6.24. The van der Waals surface area contributed by atoms with E-state index in [2.05, 4.69) is 6.07 Å². The average molecular weight is 234 g/mol. The SMILES string of the molecule is COc1ccccc1C(OC[C@H]1CO1)C1CC1. The number of hydrogen-bond donors (Lipinski definition) is 0. The average Bonchev–Trinajstić information content (AvgIpc) is 3.23. The van der Waals surface area contributed by atoms with Gasteiger partial charge in [-0.25, -0.2) is 0 Å². The molecule has 1 saturated heterocycles. The minimum absolute atomic E-state index is 0.176. The van der Waals surface area contributed by atoms with Crippen molar-refractivity contribution in [1.29, 1.82) is 0 Å². The Morgan fingerprint density at radius 1 is 1.35 bits per heavy atom. The van der Waals surface area contributed by atoms with E-state index in [4.69, 9.17) is 14.2 Å². The highest BCUT2D eigenvalue weighted by atomic mass is 16.6. The third-order valence-corrected chi connectivity index (χ3v) is 3.36. The van der Waals surface area contributed by atoms with Gasteiger partial charge in [0.15, 0.2) is 0 Å². The standard InChI is InChI=1S/C14H18O3/c1-15-13-5-3-2-4-12(13)14(10-6-7-10)17-9-11-8-16-11/h2-5,10-11,14H,6-9H2,1H3/t11-,14?/m1/s1. The molecule has 0 aromatic heterocycles. The van der Waals surface area contributed by atoms with E-state index in [0.717, 1.165) is 12.4 Å². The van der Waals surface area contributed by atoms with E-state index >= 15 is 0 Å². The van der Waals surface area contributed by atoms with Gasteiger partial charge in [-0.3, -0.25) is 0 Å². The lowest BCUT2D eigenvalue weighted by molar-refractivity contribution is 0.0260. The molecule has 3 rings (SSSR count). The summed E-state index contributed by atoms with van der Waals surface area (Å²) in [5.41, 5.74) is 1.18. The lowest BCUT2D eigenvalue weighted by Gasteiger charge is -2.19. The van der Waals surface area contributed by atoms with Gasteiger partial charge in [-0.05, 0) is 24.8 Å². The van der Waals surface area contributed by atoms with Crippen molar-refractivity contribution in [2.24, 2.45) is 5.92 Å². The normalized spacial score (nSPS) is 24.4. The highest BCUT2D eigenvalue weighted by molar-refractivity contribution is 5.36. The van der Waals surface area contributed by atoms with Crippen molar-refractivity contribution in [3.05, 3.63) is 29.8 Å². The topological polar surface area (TPSA) is 31.0 Å². The molecule has 2 fully saturated rings. The largest absolute Gasteiger partial charge is 0.496 e. The molecule has 0 bridgehead atoms. The van der Waals surface area contributed by atoms with E-state index in [-0.39, 0.29) is 6.10 Å². The zero-order chi connectivity index (χ0) is 11.7. The fourth-order valence-electron chi connectivity index (χ4n) is 2.16. The maximum atomic E-state index is 6.01. The maximum absolute atomic E-state index is 6.01. The van der Waals surface area contributed by atoms with Crippen LogP contribution in [0.5, 0.6) is 5.75 Å². The molecule has 1 saturated carbocycles. The van der Waals surface area contributed by atoms with Crippen molar-refractivity contribution in [2.45, 2.75) is 25.0 Å². The van der Waals surface area contributed by atoms with Crippen molar-refractivity contribution in [3.8, 4) is 5.75 Å². The van der Waals surface area contributed by atoms with Crippen LogP contribution >= 0.6 is 0 Å². The van der Waals surface area contributed by atoms with E-state index in [9.17, 15) is 0 Å². The second-order valence-corrected chi connectivity index (χ2v) is 4.79. The lowest BCUT2D eigenvalue weighted by atomic mass is 10.0. The molecule has 17 heavy (non-hydrogen) atoms. The molecule has 0 N–H and O–H groups in total. The molecule has 1 aliphatic carbocycles. The van der Waals surface area contributed by atoms with Crippen LogP contribution in [0, 0.1) is 5.92 Å². The Bertz CT molecular complexity index is 383. The van der Waals surface area contributed by atoms with Crippen LogP contribution in [-0.2, 0) is 9.47 Å². The van der Waals surface area contributed by atoms with Gasteiger partial charge in [0.1, 0.15) is 11.9 Å². The number of para-hydroxylation sites is 1. The summed E-state index contributed by atoms with van der Waals surface area (Å²) in [6, 6.07) is 8.15. The molecule has 1 aliphatic heterocycles. The number of benzene rings is 1. The van der Waals surface area contributed by atoms with Gasteiger partial charge in [-0.2, -0.15) is 0 Å². The van der Waals surface area contributed by atoms with Gasteiger partial charge >= 0.3 is 0 Å². The number of ether oxygens (including phenoxy) is 3. The Labute approximate surface area is 102 Å². The summed E-state index contributed by atoms with van der Waals surface area (Å²) < 4.78 is 16.6. The number of hydrogen-bond acceptors (Lipinski definition) is 3. The molecule has 0 radical (unpaired) electrons. The van der Waals surface area contributed by atoms with Crippen LogP contribution in [0.15, 0.2) is 24.3 Å². The third-order valence-electron chi connectivity index (χ3n) is 3.36. The van der Waals surface area contributed by atoms with Crippen molar-refractivity contribution < 1.29 is 14.2 Å². The highest BCUT2D eigenvalue weighted by Crippen LogP contribution is 2.45. The van der Waals surface area contributed by atoms with Crippen LogP contribution < -0.4 is 4.74 Å². The van der Waals surface area contributed by atoms with Crippen LogP contribution in [0.4, 0.5) is 0 Å². The van der Waals surface area contributed by atoms with E-state index in [1.165, 1.54) is 18.4 Å². The van der Waals surface area contributed by atoms with Crippen LogP contribution in [0.2, 0.25) is 0 Å². The Morgan fingerprint density at radius 3 is 2.76 bits per heavy atom. The Balaban J connectivity index is 1.75. The molecular weight excluding hydrogens is 216 g/mol. The van der Waals surface area contributed by atoms with Crippen LogP contribution in [0.1, 0.15) is 24.5 Å². The van der Waals surface area contributed by atoms with Crippen molar-refractivity contribution in [1.82, 2.24) is 0 Å². The number of epoxide rings is 1. The quantitative estimate of drug-likeness (QED) is 0.709. The van der Waals surface area contributed by atoms with Gasteiger partial charge in [-0.15, -0.1) is 0 Å². The molecule has 3 nitrogen and oxygen atoms in total. The lowest BCUT2D eigenvalue weighted by Crippen LogP contribution is -2.12. The second kappa shape index (κ2) is 4.67. The smallest absolute Gasteiger partial charge is 0.124 e. The van der Waals surface area contributed by atoms with Crippen LogP contribution in [0.3, 0.4) is 0 Å².